The maximum Gasteiger partial charge on any atom is 0.258 e. The van der Waals surface area contributed by atoms with E-state index in [1.807, 2.05) is 25.1 Å². The SMILES string of the molecule is CCNc1n[nH]c2cc(O)c(C(=O)N3Cc4ccc(OCCO)cc4C3)cc12. The van der Waals surface area contributed by atoms with E-state index in [2.05, 4.69) is 15.5 Å². The standard InChI is InChI=1S/C20H22N4O4/c1-2-21-19-15-8-16(18(26)9-17(15)22-23-19)20(27)24-10-12-3-4-14(28-6-5-25)7-13(12)11-24/h3-4,7-9,25-26H,2,5-6,10-11H2,1H3,(H2,21,22,23). The van der Waals surface area contributed by atoms with Gasteiger partial charge in [0, 0.05) is 31.1 Å². The second-order valence-corrected chi connectivity index (χ2v) is 6.68. The number of amides is 1. The van der Waals surface area contributed by atoms with Gasteiger partial charge in [-0.25, -0.2) is 0 Å². The first-order valence-corrected chi connectivity index (χ1v) is 9.20. The Bertz CT molecular complexity index is 1030. The van der Waals surface area contributed by atoms with E-state index in [1.54, 1.807) is 11.0 Å². The number of aromatic hydroxyl groups is 1. The molecule has 1 aliphatic rings. The number of nitrogens with one attached hydrogen (secondary N) is 2. The van der Waals surface area contributed by atoms with Crippen molar-refractivity contribution in [2.75, 3.05) is 25.1 Å². The summed E-state index contributed by atoms with van der Waals surface area (Å²) in [5.74, 6) is 1.01. The number of ether oxygens (including phenoxy) is 1. The normalized spacial score (nSPS) is 13.0. The van der Waals surface area contributed by atoms with Crippen LogP contribution in [0, 0.1) is 0 Å². The second-order valence-electron chi connectivity index (χ2n) is 6.68. The first-order valence-electron chi connectivity index (χ1n) is 9.20. The number of carbonyl (C=O) groups excluding carboxylic acids is 1. The lowest BCUT2D eigenvalue weighted by atomic mass is 10.1. The highest BCUT2D eigenvalue weighted by Gasteiger charge is 2.27. The van der Waals surface area contributed by atoms with E-state index in [4.69, 9.17) is 9.84 Å². The zero-order chi connectivity index (χ0) is 19.7. The quantitative estimate of drug-likeness (QED) is 0.520. The third-order valence-electron chi connectivity index (χ3n) is 4.80. The lowest BCUT2D eigenvalue weighted by Gasteiger charge is -2.16. The topological polar surface area (TPSA) is 111 Å². The number of carbonyl (C=O) groups is 1. The van der Waals surface area contributed by atoms with Gasteiger partial charge in [0.1, 0.15) is 18.1 Å². The van der Waals surface area contributed by atoms with Gasteiger partial charge in [0.05, 0.1) is 17.7 Å². The number of phenols is 1. The molecule has 0 spiro atoms. The molecule has 28 heavy (non-hydrogen) atoms. The second kappa shape index (κ2) is 7.40. The van der Waals surface area contributed by atoms with Crippen LogP contribution < -0.4 is 10.1 Å². The molecule has 0 atom stereocenters. The Morgan fingerprint density at radius 2 is 2.11 bits per heavy atom. The fourth-order valence-corrected chi connectivity index (χ4v) is 3.46. The lowest BCUT2D eigenvalue weighted by Crippen LogP contribution is -2.25. The van der Waals surface area contributed by atoms with Crippen LogP contribution in [-0.2, 0) is 13.1 Å². The number of phenolic OH excluding ortho intramolecular Hbond substituents is 1. The van der Waals surface area contributed by atoms with Crippen molar-refractivity contribution in [2.45, 2.75) is 20.0 Å². The number of anilines is 1. The molecule has 1 aromatic heterocycles. The highest BCUT2D eigenvalue weighted by molar-refractivity contribution is 6.03. The van der Waals surface area contributed by atoms with Crippen LogP contribution in [0.15, 0.2) is 30.3 Å². The summed E-state index contributed by atoms with van der Waals surface area (Å²) in [6.45, 7) is 3.75. The zero-order valence-corrected chi connectivity index (χ0v) is 15.5. The molecular formula is C20H22N4O4. The monoisotopic (exact) mass is 382 g/mol. The molecule has 3 aromatic rings. The molecular weight excluding hydrogens is 360 g/mol. The van der Waals surface area contributed by atoms with Gasteiger partial charge in [-0.15, -0.1) is 0 Å². The number of rotatable bonds is 6. The predicted octanol–water partition coefficient (Wildman–Crippen LogP) is 2.23. The minimum atomic E-state index is -0.239. The van der Waals surface area contributed by atoms with Crippen molar-refractivity contribution in [2.24, 2.45) is 0 Å². The van der Waals surface area contributed by atoms with Crippen molar-refractivity contribution in [3.63, 3.8) is 0 Å². The third kappa shape index (κ3) is 3.22. The number of benzene rings is 2. The average Bonchev–Trinajstić information content (AvgIpc) is 3.29. The average molecular weight is 382 g/mol. The number of nitrogens with zero attached hydrogens (tertiary/aromatic N) is 2. The van der Waals surface area contributed by atoms with E-state index in [0.717, 1.165) is 16.5 Å². The molecule has 8 heteroatoms. The summed E-state index contributed by atoms with van der Waals surface area (Å²) in [6.07, 6.45) is 0. The summed E-state index contributed by atoms with van der Waals surface area (Å²) in [7, 11) is 0. The molecule has 0 bridgehead atoms. The van der Waals surface area contributed by atoms with Crippen LogP contribution in [0.5, 0.6) is 11.5 Å². The molecule has 0 saturated heterocycles. The lowest BCUT2D eigenvalue weighted by molar-refractivity contribution is 0.0748. The van der Waals surface area contributed by atoms with E-state index in [1.165, 1.54) is 6.07 Å². The molecule has 0 saturated carbocycles. The fraction of sp³-hybridized carbons (Fsp3) is 0.300. The molecule has 0 fully saturated rings. The van der Waals surface area contributed by atoms with E-state index in [0.29, 0.717) is 36.7 Å². The molecule has 4 N–H and O–H groups in total. The fourth-order valence-electron chi connectivity index (χ4n) is 3.46. The minimum Gasteiger partial charge on any atom is -0.507 e. The Labute approximate surface area is 161 Å². The Balaban J connectivity index is 1.59. The van der Waals surface area contributed by atoms with Gasteiger partial charge in [0.2, 0.25) is 0 Å². The van der Waals surface area contributed by atoms with Gasteiger partial charge in [0.25, 0.3) is 5.91 Å². The molecule has 8 nitrogen and oxygen atoms in total. The van der Waals surface area contributed by atoms with E-state index in [-0.39, 0.29) is 30.4 Å². The van der Waals surface area contributed by atoms with Crippen molar-refractivity contribution in [1.29, 1.82) is 0 Å². The van der Waals surface area contributed by atoms with Gasteiger partial charge in [-0.05, 0) is 36.2 Å². The van der Waals surface area contributed by atoms with Gasteiger partial charge >= 0.3 is 0 Å². The Hall–Kier alpha value is -3.26. The number of aromatic nitrogens is 2. The maximum absolute atomic E-state index is 13.1. The first kappa shape index (κ1) is 18.1. The highest BCUT2D eigenvalue weighted by Crippen LogP contribution is 2.32. The van der Waals surface area contributed by atoms with Gasteiger partial charge < -0.3 is 25.2 Å². The molecule has 2 heterocycles. The molecule has 4 rings (SSSR count). The van der Waals surface area contributed by atoms with Crippen molar-refractivity contribution in [1.82, 2.24) is 15.1 Å². The van der Waals surface area contributed by atoms with Crippen LogP contribution in [0.4, 0.5) is 5.82 Å². The van der Waals surface area contributed by atoms with Crippen LogP contribution in [0.25, 0.3) is 10.9 Å². The van der Waals surface area contributed by atoms with E-state index >= 15 is 0 Å². The molecule has 0 radical (unpaired) electrons. The summed E-state index contributed by atoms with van der Waals surface area (Å²) in [5.41, 5.74) is 2.96. The van der Waals surface area contributed by atoms with Gasteiger partial charge in [-0.2, -0.15) is 5.10 Å². The smallest absolute Gasteiger partial charge is 0.258 e. The molecule has 0 unspecified atom stereocenters. The maximum atomic E-state index is 13.1. The molecule has 1 amide bonds. The number of aliphatic hydroxyl groups excluding tert-OH is 1. The Morgan fingerprint density at radius 1 is 1.29 bits per heavy atom. The molecule has 146 valence electrons. The summed E-state index contributed by atoms with van der Waals surface area (Å²) >= 11 is 0. The molecule has 1 aliphatic heterocycles. The van der Waals surface area contributed by atoms with Crippen molar-refractivity contribution < 1.29 is 19.7 Å². The molecule has 2 aromatic carbocycles. The minimum absolute atomic E-state index is 0.0493. The third-order valence-corrected chi connectivity index (χ3v) is 4.80. The van der Waals surface area contributed by atoms with Gasteiger partial charge in [-0.1, -0.05) is 6.07 Å². The largest absolute Gasteiger partial charge is 0.507 e. The van der Waals surface area contributed by atoms with Crippen LogP contribution in [0.2, 0.25) is 0 Å². The highest BCUT2D eigenvalue weighted by atomic mass is 16.5. The number of hydrogen-bond acceptors (Lipinski definition) is 6. The summed E-state index contributed by atoms with van der Waals surface area (Å²) in [5, 5.41) is 30.2. The number of fused-ring (bicyclic) bond motifs is 2. The number of aromatic amines is 1. The summed E-state index contributed by atoms with van der Waals surface area (Å²) < 4.78 is 5.44. The van der Waals surface area contributed by atoms with Crippen LogP contribution in [-0.4, -0.2) is 51.0 Å². The zero-order valence-electron chi connectivity index (χ0n) is 15.5. The first-order chi connectivity index (χ1) is 13.6. The van der Waals surface area contributed by atoms with Crippen LogP contribution >= 0.6 is 0 Å². The summed E-state index contributed by atoms with van der Waals surface area (Å²) in [6, 6.07) is 8.85. The van der Waals surface area contributed by atoms with Gasteiger partial charge in [0.15, 0.2) is 5.82 Å². The van der Waals surface area contributed by atoms with Crippen LogP contribution in [0.1, 0.15) is 28.4 Å². The van der Waals surface area contributed by atoms with E-state index in [9.17, 15) is 9.90 Å². The van der Waals surface area contributed by atoms with Gasteiger partial charge in [-0.3, -0.25) is 9.89 Å². The van der Waals surface area contributed by atoms with Crippen molar-refractivity contribution in [3.05, 3.63) is 47.0 Å². The predicted molar refractivity (Wildman–Crippen MR) is 105 cm³/mol. The van der Waals surface area contributed by atoms with Crippen molar-refractivity contribution >= 4 is 22.6 Å². The molecule has 0 aliphatic carbocycles. The summed E-state index contributed by atoms with van der Waals surface area (Å²) in [4.78, 5) is 14.8. The van der Waals surface area contributed by atoms with Crippen LogP contribution in [0.3, 0.4) is 0 Å². The number of hydrogen-bond donors (Lipinski definition) is 4. The number of H-pyrrole nitrogens is 1. The Morgan fingerprint density at radius 3 is 2.89 bits per heavy atom. The van der Waals surface area contributed by atoms with E-state index < -0.39 is 0 Å². The Kier molecular flexibility index (Phi) is 4.79. The number of aliphatic hydroxyl groups is 1. The van der Waals surface area contributed by atoms with Crippen molar-refractivity contribution in [3.8, 4) is 11.5 Å².